The number of hydrogen-bond acceptors (Lipinski definition) is 6. The highest BCUT2D eigenvalue weighted by atomic mass is 32.1. The molecule has 2 heterocycles. The second-order valence-corrected chi connectivity index (χ2v) is 3.65. The molecule has 0 spiro atoms. The molecule has 6 nitrogen and oxygen atoms in total. The van der Waals surface area contributed by atoms with Crippen LogP contribution in [0.1, 0.15) is 16.2 Å². The lowest BCUT2D eigenvalue weighted by molar-refractivity contribution is 0.0691. The standard InChI is InChI=1S/C8H7N3O3S/c1-4-2-6(11-14-4)10-8-9-5(3-15-8)7(12)13/h2-3H,1H3,(H,12,13)(H,9,10,11). The molecule has 15 heavy (non-hydrogen) atoms. The molecule has 2 N–H and O–H groups in total. The molecular formula is C8H7N3O3S. The van der Waals surface area contributed by atoms with Gasteiger partial charge in [-0.1, -0.05) is 5.16 Å². The van der Waals surface area contributed by atoms with Gasteiger partial charge < -0.3 is 14.9 Å². The Morgan fingerprint density at radius 1 is 1.67 bits per heavy atom. The third kappa shape index (κ3) is 2.13. The van der Waals surface area contributed by atoms with Crippen LogP contribution < -0.4 is 5.32 Å². The molecule has 0 fully saturated rings. The van der Waals surface area contributed by atoms with Crippen LogP contribution in [0.25, 0.3) is 0 Å². The van der Waals surface area contributed by atoms with Crippen molar-refractivity contribution in [1.82, 2.24) is 10.1 Å². The molecule has 0 amide bonds. The van der Waals surface area contributed by atoms with Crippen LogP contribution in [0.2, 0.25) is 0 Å². The van der Waals surface area contributed by atoms with E-state index in [1.807, 2.05) is 0 Å². The summed E-state index contributed by atoms with van der Waals surface area (Å²) in [4.78, 5) is 14.4. The fourth-order valence-electron chi connectivity index (χ4n) is 0.964. The molecule has 0 bridgehead atoms. The molecule has 2 rings (SSSR count). The van der Waals surface area contributed by atoms with Gasteiger partial charge in [-0.05, 0) is 6.92 Å². The number of hydrogen-bond donors (Lipinski definition) is 2. The van der Waals surface area contributed by atoms with Gasteiger partial charge in [-0.25, -0.2) is 9.78 Å². The maximum Gasteiger partial charge on any atom is 0.355 e. The first-order chi connectivity index (χ1) is 7.15. The predicted octanol–water partition coefficient (Wildman–Crippen LogP) is 1.88. The number of carboxylic acids is 1. The van der Waals surface area contributed by atoms with Gasteiger partial charge in [0, 0.05) is 11.4 Å². The van der Waals surface area contributed by atoms with Crippen LogP contribution in [0.4, 0.5) is 10.9 Å². The van der Waals surface area contributed by atoms with Crippen LogP contribution in [0.15, 0.2) is 16.0 Å². The number of nitrogens with zero attached hydrogens (tertiary/aromatic N) is 2. The average Bonchev–Trinajstić information content (AvgIpc) is 2.76. The minimum absolute atomic E-state index is 0.0164. The van der Waals surface area contributed by atoms with Crippen molar-refractivity contribution < 1.29 is 14.4 Å². The van der Waals surface area contributed by atoms with E-state index in [4.69, 9.17) is 9.63 Å². The van der Waals surface area contributed by atoms with Gasteiger partial charge in [0.1, 0.15) is 5.76 Å². The summed E-state index contributed by atoms with van der Waals surface area (Å²) in [6.07, 6.45) is 0. The van der Waals surface area contributed by atoms with E-state index in [2.05, 4.69) is 15.5 Å². The molecule has 0 saturated carbocycles. The minimum Gasteiger partial charge on any atom is -0.476 e. The molecular weight excluding hydrogens is 218 g/mol. The number of thiazole rings is 1. The molecule has 0 atom stereocenters. The van der Waals surface area contributed by atoms with Gasteiger partial charge >= 0.3 is 5.97 Å². The summed E-state index contributed by atoms with van der Waals surface area (Å²) < 4.78 is 4.84. The van der Waals surface area contributed by atoms with E-state index in [-0.39, 0.29) is 5.69 Å². The fourth-order valence-corrected chi connectivity index (χ4v) is 1.66. The van der Waals surface area contributed by atoms with E-state index in [0.29, 0.717) is 16.7 Å². The number of aromatic carboxylic acids is 1. The molecule has 7 heteroatoms. The zero-order valence-electron chi connectivity index (χ0n) is 7.72. The van der Waals surface area contributed by atoms with Crippen LogP contribution in [0.5, 0.6) is 0 Å². The first kappa shape index (κ1) is 9.66. The summed E-state index contributed by atoms with van der Waals surface area (Å²) in [5.74, 6) is 0.141. The number of nitrogens with one attached hydrogen (secondary N) is 1. The SMILES string of the molecule is Cc1cc(Nc2nc(C(=O)O)cs2)no1. The number of carboxylic acid groups (broad SMARTS) is 1. The lowest BCUT2D eigenvalue weighted by atomic mass is 10.5. The number of aryl methyl sites for hydroxylation is 1. The van der Waals surface area contributed by atoms with Crippen molar-refractivity contribution in [2.75, 3.05) is 5.32 Å². The Balaban J connectivity index is 2.14. The van der Waals surface area contributed by atoms with E-state index in [1.165, 1.54) is 16.7 Å². The van der Waals surface area contributed by atoms with Gasteiger partial charge in [-0.15, -0.1) is 11.3 Å². The van der Waals surface area contributed by atoms with Crippen molar-refractivity contribution in [3.8, 4) is 0 Å². The van der Waals surface area contributed by atoms with E-state index < -0.39 is 5.97 Å². The van der Waals surface area contributed by atoms with Crippen molar-refractivity contribution in [2.45, 2.75) is 6.92 Å². The third-order valence-corrected chi connectivity index (χ3v) is 2.34. The highest BCUT2D eigenvalue weighted by molar-refractivity contribution is 7.14. The van der Waals surface area contributed by atoms with Gasteiger partial charge in [-0.3, -0.25) is 0 Å². The van der Waals surface area contributed by atoms with E-state index in [0.717, 1.165) is 0 Å². The normalized spacial score (nSPS) is 10.2. The molecule has 2 aromatic heterocycles. The second-order valence-electron chi connectivity index (χ2n) is 2.79. The molecule has 78 valence electrons. The van der Waals surface area contributed by atoms with Crippen LogP contribution in [-0.2, 0) is 0 Å². The lowest BCUT2D eigenvalue weighted by Gasteiger charge is -1.93. The van der Waals surface area contributed by atoms with Crippen LogP contribution in [0.3, 0.4) is 0 Å². The van der Waals surface area contributed by atoms with E-state index in [1.54, 1.807) is 13.0 Å². The first-order valence-corrected chi connectivity index (χ1v) is 4.92. The summed E-state index contributed by atoms with van der Waals surface area (Å²) in [6.45, 7) is 1.77. The Morgan fingerprint density at radius 2 is 2.47 bits per heavy atom. The predicted molar refractivity (Wildman–Crippen MR) is 53.6 cm³/mol. The van der Waals surface area contributed by atoms with Gasteiger partial charge in [0.25, 0.3) is 0 Å². The maximum absolute atomic E-state index is 10.6. The Kier molecular flexibility index (Phi) is 2.38. The quantitative estimate of drug-likeness (QED) is 0.829. The Bertz CT molecular complexity index is 491. The summed E-state index contributed by atoms with van der Waals surface area (Å²) in [6, 6.07) is 1.70. The van der Waals surface area contributed by atoms with Crippen molar-refractivity contribution in [3.05, 3.63) is 22.9 Å². The molecule has 0 aliphatic rings. The summed E-state index contributed by atoms with van der Waals surface area (Å²) in [5, 5.41) is 17.1. The third-order valence-electron chi connectivity index (χ3n) is 1.59. The van der Waals surface area contributed by atoms with Crippen molar-refractivity contribution >= 4 is 28.3 Å². The average molecular weight is 225 g/mol. The smallest absolute Gasteiger partial charge is 0.355 e. The topological polar surface area (TPSA) is 88.2 Å². The van der Waals surface area contributed by atoms with Crippen molar-refractivity contribution in [1.29, 1.82) is 0 Å². The maximum atomic E-state index is 10.6. The molecule has 0 saturated heterocycles. The second kappa shape index (κ2) is 3.70. The Morgan fingerprint density at radius 3 is 3.00 bits per heavy atom. The number of aromatic nitrogens is 2. The molecule has 0 radical (unpaired) electrons. The van der Waals surface area contributed by atoms with Crippen LogP contribution in [0, 0.1) is 6.92 Å². The van der Waals surface area contributed by atoms with Gasteiger partial charge in [0.05, 0.1) is 0 Å². The lowest BCUT2D eigenvalue weighted by Crippen LogP contribution is -1.97. The molecule has 0 aromatic carbocycles. The number of carbonyl (C=O) groups is 1. The molecule has 2 aromatic rings. The first-order valence-electron chi connectivity index (χ1n) is 4.04. The summed E-state index contributed by atoms with van der Waals surface area (Å²) >= 11 is 1.20. The molecule has 0 unspecified atom stereocenters. The highest BCUT2D eigenvalue weighted by Gasteiger charge is 2.09. The number of rotatable bonds is 3. The zero-order valence-corrected chi connectivity index (χ0v) is 8.54. The largest absolute Gasteiger partial charge is 0.476 e. The fraction of sp³-hybridized carbons (Fsp3) is 0.125. The zero-order chi connectivity index (χ0) is 10.8. The van der Waals surface area contributed by atoms with Crippen LogP contribution in [-0.4, -0.2) is 21.2 Å². The summed E-state index contributed by atoms with van der Waals surface area (Å²) in [5.41, 5.74) is 0.0164. The van der Waals surface area contributed by atoms with Gasteiger partial charge in [0.15, 0.2) is 16.6 Å². The van der Waals surface area contributed by atoms with Crippen molar-refractivity contribution in [2.24, 2.45) is 0 Å². The van der Waals surface area contributed by atoms with Crippen LogP contribution >= 0.6 is 11.3 Å². The Labute approximate surface area is 88.5 Å². The number of anilines is 2. The van der Waals surface area contributed by atoms with Gasteiger partial charge in [0.2, 0.25) is 0 Å². The highest BCUT2D eigenvalue weighted by Crippen LogP contribution is 2.20. The van der Waals surface area contributed by atoms with E-state index >= 15 is 0 Å². The van der Waals surface area contributed by atoms with Crippen molar-refractivity contribution in [3.63, 3.8) is 0 Å². The van der Waals surface area contributed by atoms with Gasteiger partial charge in [-0.2, -0.15) is 0 Å². The monoisotopic (exact) mass is 225 g/mol. The van der Waals surface area contributed by atoms with E-state index in [9.17, 15) is 4.79 Å². The molecule has 0 aliphatic carbocycles. The minimum atomic E-state index is -1.05. The molecule has 0 aliphatic heterocycles. The summed E-state index contributed by atoms with van der Waals surface area (Å²) in [7, 11) is 0. The Hall–Kier alpha value is -1.89.